The third-order valence-electron chi connectivity index (χ3n) is 4.33. The first-order valence-corrected chi connectivity index (χ1v) is 9.08. The molecule has 2 atom stereocenters. The van der Waals surface area contributed by atoms with Crippen molar-refractivity contribution in [2.45, 2.75) is 32.9 Å². The fourth-order valence-corrected chi connectivity index (χ4v) is 4.64. The van der Waals surface area contributed by atoms with Gasteiger partial charge in [-0.1, -0.05) is 81.7 Å². The lowest BCUT2D eigenvalue weighted by molar-refractivity contribution is 0.900. The molecule has 0 saturated carbocycles. The molecule has 2 unspecified atom stereocenters. The molecule has 1 heteroatoms. The lowest BCUT2D eigenvalue weighted by Crippen LogP contribution is -2.05. The van der Waals surface area contributed by atoms with Gasteiger partial charge in [-0.3, -0.25) is 0 Å². The fraction of sp³-hybridized carbons (Fsp3) is 0.238. The Balaban J connectivity index is 2.01. The molecule has 112 valence electrons. The fourth-order valence-electron chi connectivity index (χ4n) is 3.03. The van der Waals surface area contributed by atoms with Gasteiger partial charge < -0.3 is 0 Å². The molecule has 0 aliphatic carbocycles. The van der Waals surface area contributed by atoms with E-state index in [9.17, 15) is 0 Å². The lowest BCUT2D eigenvalue weighted by Gasteiger charge is -2.19. The second-order valence-corrected chi connectivity index (χ2v) is 7.52. The molecule has 0 saturated heterocycles. The van der Waals surface area contributed by atoms with Crippen LogP contribution in [0, 0.1) is 13.8 Å². The van der Waals surface area contributed by atoms with Crippen LogP contribution < -0.4 is 5.30 Å². The van der Waals surface area contributed by atoms with Gasteiger partial charge in [0.05, 0.1) is 0 Å². The van der Waals surface area contributed by atoms with E-state index in [1.165, 1.54) is 39.2 Å². The number of hydrogen-bond acceptors (Lipinski definition) is 0. The number of aryl methyl sites for hydroxylation is 2. The summed E-state index contributed by atoms with van der Waals surface area (Å²) in [6, 6.07) is 22.3. The molecular weight excluding hydrogens is 283 g/mol. The predicted molar refractivity (Wildman–Crippen MR) is 101 cm³/mol. The minimum absolute atomic E-state index is 0.603. The summed E-state index contributed by atoms with van der Waals surface area (Å²) in [5.41, 5.74) is 4.88. The zero-order chi connectivity index (χ0) is 15.5. The van der Waals surface area contributed by atoms with Crippen LogP contribution >= 0.6 is 8.58 Å². The average molecular weight is 306 g/mol. The summed E-state index contributed by atoms with van der Waals surface area (Å²) in [5, 5.41) is 4.28. The van der Waals surface area contributed by atoms with Crippen molar-refractivity contribution in [1.82, 2.24) is 0 Å². The molecule has 0 radical (unpaired) electrons. The van der Waals surface area contributed by atoms with Gasteiger partial charge in [-0.15, -0.1) is 0 Å². The van der Waals surface area contributed by atoms with Crippen molar-refractivity contribution in [3.8, 4) is 0 Å². The van der Waals surface area contributed by atoms with Crippen LogP contribution in [-0.4, -0.2) is 0 Å². The van der Waals surface area contributed by atoms with Crippen LogP contribution in [0.1, 0.15) is 35.7 Å². The number of rotatable bonds is 4. The molecule has 0 aliphatic rings. The second kappa shape index (κ2) is 6.63. The smallest absolute Gasteiger partial charge is 0.00582 e. The van der Waals surface area contributed by atoms with Gasteiger partial charge in [0.15, 0.2) is 0 Å². The molecule has 22 heavy (non-hydrogen) atoms. The minimum atomic E-state index is 0.603. The molecule has 0 N–H and O–H groups in total. The van der Waals surface area contributed by atoms with Crippen molar-refractivity contribution < 1.29 is 0 Å². The first kappa shape index (κ1) is 15.3. The van der Waals surface area contributed by atoms with E-state index in [4.69, 9.17) is 0 Å². The first-order chi connectivity index (χ1) is 10.7. The Morgan fingerprint density at radius 3 is 2.50 bits per heavy atom. The Bertz CT molecular complexity index is 784. The molecule has 0 nitrogen and oxygen atoms in total. The van der Waals surface area contributed by atoms with E-state index in [1.54, 1.807) is 0 Å². The van der Waals surface area contributed by atoms with Crippen molar-refractivity contribution in [3.63, 3.8) is 0 Å². The van der Waals surface area contributed by atoms with Crippen molar-refractivity contribution in [2.24, 2.45) is 0 Å². The molecule has 0 aromatic heterocycles. The lowest BCUT2D eigenvalue weighted by atomic mass is 10.0. The largest absolute Gasteiger partial charge is 0.0824 e. The zero-order valence-corrected chi connectivity index (χ0v) is 14.6. The Hall–Kier alpha value is -1.65. The Labute approximate surface area is 135 Å². The van der Waals surface area contributed by atoms with Gasteiger partial charge >= 0.3 is 0 Å². The topological polar surface area (TPSA) is 0 Å². The maximum atomic E-state index is 2.36. The highest BCUT2D eigenvalue weighted by atomic mass is 31.1. The average Bonchev–Trinajstić information content (AvgIpc) is 2.55. The summed E-state index contributed by atoms with van der Waals surface area (Å²) in [4.78, 5) is 0. The van der Waals surface area contributed by atoms with E-state index in [1.807, 2.05) is 0 Å². The van der Waals surface area contributed by atoms with Crippen LogP contribution in [0.3, 0.4) is 0 Å². The molecule has 3 rings (SSSR count). The standard InChI is InChI=1S/C21H23P/c1-4-20(22-21-14-15(2)12-13-16(21)3)19-11-7-9-17-8-5-6-10-18(17)19/h5-14,20,22H,4H2,1-3H3. The molecule has 0 fully saturated rings. The van der Waals surface area contributed by atoms with Crippen molar-refractivity contribution in [3.05, 3.63) is 77.4 Å². The number of benzene rings is 3. The Morgan fingerprint density at radius 1 is 0.909 bits per heavy atom. The van der Waals surface area contributed by atoms with Crippen LogP contribution in [0.15, 0.2) is 60.7 Å². The van der Waals surface area contributed by atoms with Crippen LogP contribution in [0.2, 0.25) is 0 Å². The van der Waals surface area contributed by atoms with E-state index < -0.39 is 0 Å². The molecule has 0 spiro atoms. The van der Waals surface area contributed by atoms with Crippen LogP contribution in [0.5, 0.6) is 0 Å². The van der Waals surface area contributed by atoms with Gasteiger partial charge in [0.1, 0.15) is 0 Å². The quantitative estimate of drug-likeness (QED) is 0.525. The number of hydrogen-bond donors (Lipinski definition) is 0. The second-order valence-electron chi connectivity index (χ2n) is 5.99. The van der Waals surface area contributed by atoms with Gasteiger partial charge in [0.25, 0.3) is 0 Å². The van der Waals surface area contributed by atoms with E-state index >= 15 is 0 Å². The SMILES string of the molecule is CCC(Pc1cc(C)ccc1C)c1cccc2ccccc12. The van der Waals surface area contributed by atoms with Gasteiger partial charge in [0, 0.05) is 5.66 Å². The summed E-state index contributed by atoms with van der Waals surface area (Å²) in [5.74, 6) is 0. The van der Waals surface area contributed by atoms with E-state index in [2.05, 4.69) is 81.4 Å². The third-order valence-corrected chi connectivity index (χ3v) is 6.25. The molecular formula is C21H23P. The first-order valence-electron chi connectivity index (χ1n) is 8.00. The maximum Gasteiger partial charge on any atom is 0.00582 e. The summed E-state index contributed by atoms with van der Waals surface area (Å²) in [7, 11) is 0.832. The van der Waals surface area contributed by atoms with Crippen molar-refractivity contribution >= 4 is 24.7 Å². The summed E-state index contributed by atoms with van der Waals surface area (Å²) < 4.78 is 0. The molecule has 3 aromatic carbocycles. The minimum Gasteiger partial charge on any atom is -0.0824 e. The summed E-state index contributed by atoms with van der Waals surface area (Å²) >= 11 is 0. The molecule has 0 heterocycles. The molecule has 0 aliphatic heterocycles. The van der Waals surface area contributed by atoms with E-state index in [0.29, 0.717) is 5.66 Å². The zero-order valence-electron chi connectivity index (χ0n) is 13.6. The predicted octanol–water partition coefficient (Wildman–Crippen LogP) is 5.91. The highest BCUT2D eigenvalue weighted by molar-refractivity contribution is 7.47. The van der Waals surface area contributed by atoms with Crippen molar-refractivity contribution in [1.29, 1.82) is 0 Å². The van der Waals surface area contributed by atoms with E-state index in [0.717, 1.165) is 8.58 Å². The van der Waals surface area contributed by atoms with Crippen molar-refractivity contribution in [2.75, 3.05) is 0 Å². The normalized spacial score (nSPS) is 13.0. The van der Waals surface area contributed by atoms with E-state index in [-0.39, 0.29) is 0 Å². The monoisotopic (exact) mass is 306 g/mol. The molecule has 0 amide bonds. The highest BCUT2D eigenvalue weighted by Gasteiger charge is 2.14. The van der Waals surface area contributed by atoms with Gasteiger partial charge in [-0.2, -0.15) is 0 Å². The van der Waals surface area contributed by atoms with Gasteiger partial charge in [-0.05, 0) is 47.5 Å². The van der Waals surface area contributed by atoms with Crippen LogP contribution in [0.25, 0.3) is 10.8 Å². The number of fused-ring (bicyclic) bond motifs is 1. The Kier molecular flexibility index (Phi) is 4.60. The van der Waals surface area contributed by atoms with Gasteiger partial charge in [0.2, 0.25) is 0 Å². The van der Waals surface area contributed by atoms with Crippen LogP contribution in [0.4, 0.5) is 0 Å². The molecule has 3 aromatic rings. The Morgan fingerprint density at radius 2 is 1.68 bits per heavy atom. The maximum absolute atomic E-state index is 2.36. The third kappa shape index (κ3) is 3.08. The van der Waals surface area contributed by atoms with Gasteiger partial charge in [-0.25, -0.2) is 0 Å². The highest BCUT2D eigenvalue weighted by Crippen LogP contribution is 2.40. The summed E-state index contributed by atoms with van der Waals surface area (Å²) in [6.07, 6.45) is 1.18. The molecule has 0 bridgehead atoms. The summed E-state index contributed by atoms with van der Waals surface area (Å²) in [6.45, 7) is 6.73. The van der Waals surface area contributed by atoms with Crippen LogP contribution in [-0.2, 0) is 0 Å².